The summed E-state index contributed by atoms with van der Waals surface area (Å²) in [6.07, 6.45) is 3.68. The summed E-state index contributed by atoms with van der Waals surface area (Å²) in [6, 6.07) is 10.1. The van der Waals surface area contributed by atoms with E-state index in [2.05, 4.69) is 38.1 Å². The van der Waals surface area contributed by atoms with E-state index in [0.29, 0.717) is 24.9 Å². The fraction of sp³-hybridized carbons (Fsp3) is 0.409. The van der Waals surface area contributed by atoms with Crippen molar-refractivity contribution in [1.29, 1.82) is 0 Å². The summed E-state index contributed by atoms with van der Waals surface area (Å²) >= 11 is 0. The number of benzene rings is 1. The van der Waals surface area contributed by atoms with Crippen LogP contribution in [0, 0.1) is 12.3 Å². The van der Waals surface area contributed by atoms with Crippen molar-refractivity contribution in [3.63, 3.8) is 0 Å². The largest absolute Gasteiger partial charge is 0.481 e. The molecule has 2 fully saturated rings. The number of methoxy groups -OCH3 is 1. The van der Waals surface area contributed by atoms with Gasteiger partial charge in [-0.15, -0.1) is 0 Å². The standard InChI is InChI=1S/C22H25N5O2/c1-15-12-19(29-2)25-21(24-15)27-11-8-22(14-27)7-10-26(20(22)28)13-16-4-3-5-18-17(16)6-9-23-18/h3-6,9,12,23H,7-8,10-11,13-14H2,1-2H3. The van der Waals surface area contributed by atoms with E-state index in [9.17, 15) is 4.79 Å². The third-order valence-electron chi connectivity index (χ3n) is 6.31. The summed E-state index contributed by atoms with van der Waals surface area (Å²) in [5, 5.41) is 1.19. The van der Waals surface area contributed by atoms with E-state index in [1.165, 1.54) is 10.9 Å². The lowest BCUT2D eigenvalue weighted by Crippen LogP contribution is -2.37. The molecule has 4 heterocycles. The summed E-state index contributed by atoms with van der Waals surface area (Å²) < 4.78 is 5.29. The van der Waals surface area contributed by atoms with Gasteiger partial charge < -0.3 is 19.5 Å². The van der Waals surface area contributed by atoms with Crippen LogP contribution in [0.1, 0.15) is 24.1 Å². The predicted octanol–water partition coefficient (Wildman–Crippen LogP) is 2.90. The Balaban J connectivity index is 1.35. The monoisotopic (exact) mass is 391 g/mol. The zero-order valence-electron chi connectivity index (χ0n) is 16.8. The molecule has 29 heavy (non-hydrogen) atoms. The first-order valence-corrected chi connectivity index (χ1v) is 10.1. The summed E-state index contributed by atoms with van der Waals surface area (Å²) in [5.74, 6) is 1.47. The number of fused-ring (bicyclic) bond motifs is 1. The Labute approximate surface area is 169 Å². The molecule has 0 bridgehead atoms. The zero-order valence-corrected chi connectivity index (χ0v) is 16.8. The quantitative estimate of drug-likeness (QED) is 0.740. The molecule has 1 amide bonds. The van der Waals surface area contributed by atoms with Crippen LogP contribution >= 0.6 is 0 Å². The number of amides is 1. The van der Waals surface area contributed by atoms with Gasteiger partial charge in [-0.2, -0.15) is 4.98 Å². The molecule has 2 aromatic heterocycles. The van der Waals surface area contributed by atoms with E-state index in [1.54, 1.807) is 7.11 Å². The number of nitrogens with one attached hydrogen (secondary N) is 1. The Morgan fingerprint density at radius 1 is 1.21 bits per heavy atom. The van der Waals surface area contributed by atoms with Gasteiger partial charge in [0.05, 0.1) is 12.5 Å². The molecule has 7 nitrogen and oxygen atoms in total. The van der Waals surface area contributed by atoms with Crippen molar-refractivity contribution in [2.75, 3.05) is 31.6 Å². The fourth-order valence-electron chi connectivity index (χ4n) is 4.73. The smallest absolute Gasteiger partial charge is 0.231 e. The zero-order chi connectivity index (χ0) is 20.0. The number of rotatable bonds is 4. The lowest BCUT2D eigenvalue weighted by Gasteiger charge is -2.24. The van der Waals surface area contributed by atoms with Crippen LogP contribution in [-0.2, 0) is 11.3 Å². The maximum Gasteiger partial charge on any atom is 0.231 e. The Morgan fingerprint density at radius 2 is 2.07 bits per heavy atom. The van der Waals surface area contributed by atoms with Crippen LogP contribution in [-0.4, -0.2) is 52.5 Å². The van der Waals surface area contributed by atoms with Gasteiger partial charge in [-0.25, -0.2) is 4.98 Å². The molecular weight excluding hydrogens is 366 g/mol. The average molecular weight is 391 g/mol. The molecule has 1 unspecified atom stereocenters. The van der Waals surface area contributed by atoms with Crippen molar-refractivity contribution in [2.24, 2.45) is 5.41 Å². The van der Waals surface area contributed by atoms with Gasteiger partial charge in [0, 0.05) is 55.0 Å². The van der Waals surface area contributed by atoms with Gasteiger partial charge in [0.15, 0.2) is 0 Å². The van der Waals surface area contributed by atoms with E-state index in [0.717, 1.165) is 37.1 Å². The minimum Gasteiger partial charge on any atom is -0.481 e. The van der Waals surface area contributed by atoms with Gasteiger partial charge in [0.25, 0.3) is 0 Å². The van der Waals surface area contributed by atoms with Crippen molar-refractivity contribution >= 4 is 22.8 Å². The highest BCUT2D eigenvalue weighted by Gasteiger charge is 2.51. The van der Waals surface area contributed by atoms with Crippen molar-refractivity contribution in [3.05, 3.63) is 47.8 Å². The second kappa shape index (κ2) is 6.76. The van der Waals surface area contributed by atoms with Crippen LogP contribution < -0.4 is 9.64 Å². The first-order chi connectivity index (χ1) is 14.1. The second-order valence-corrected chi connectivity index (χ2v) is 8.14. The number of hydrogen-bond donors (Lipinski definition) is 1. The minimum atomic E-state index is -0.327. The number of aromatic amines is 1. The number of carbonyl (C=O) groups is 1. The van der Waals surface area contributed by atoms with Crippen molar-refractivity contribution in [3.8, 4) is 5.88 Å². The molecule has 0 saturated carbocycles. The number of H-pyrrole nitrogens is 1. The number of nitrogens with zero attached hydrogens (tertiary/aromatic N) is 4. The summed E-state index contributed by atoms with van der Waals surface area (Å²) in [6.45, 7) is 4.85. The lowest BCUT2D eigenvalue weighted by molar-refractivity contribution is -0.135. The highest BCUT2D eigenvalue weighted by molar-refractivity contribution is 5.87. The van der Waals surface area contributed by atoms with Gasteiger partial charge in [0.2, 0.25) is 17.7 Å². The number of aryl methyl sites for hydroxylation is 1. The fourth-order valence-corrected chi connectivity index (χ4v) is 4.73. The molecule has 5 rings (SSSR count). The molecule has 150 valence electrons. The topological polar surface area (TPSA) is 74.3 Å². The highest BCUT2D eigenvalue weighted by Crippen LogP contribution is 2.42. The maximum absolute atomic E-state index is 13.4. The normalized spacial score (nSPS) is 21.7. The molecule has 3 aromatic rings. The molecule has 1 spiro atoms. The summed E-state index contributed by atoms with van der Waals surface area (Å²) in [7, 11) is 1.61. The van der Waals surface area contributed by atoms with Gasteiger partial charge in [-0.3, -0.25) is 4.79 Å². The van der Waals surface area contributed by atoms with Crippen LogP contribution in [0.5, 0.6) is 5.88 Å². The molecule has 1 atom stereocenters. The maximum atomic E-state index is 13.4. The average Bonchev–Trinajstić information content (AvgIpc) is 3.44. The summed E-state index contributed by atoms with van der Waals surface area (Å²) in [5.41, 5.74) is 2.84. The molecule has 0 radical (unpaired) electrons. The Bertz CT molecular complexity index is 1080. The van der Waals surface area contributed by atoms with Gasteiger partial charge in [-0.1, -0.05) is 12.1 Å². The Morgan fingerprint density at radius 3 is 2.93 bits per heavy atom. The highest BCUT2D eigenvalue weighted by atomic mass is 16.5. The Hall–Kier alpha value is -3.09. The second-order valence-electron chi connectivity index (χ2n) is 8.14. The molecular formula is C22H25N5O2. The third-order valence-corrected chi connectivity index (χ3v) is 6.31. The molecule has 1 N–H and O–H groups in total. The first-order valence-electron chi connectivity index (χ1n) is 10.1. The van der Waals surface area contributed by atoms with Crippen molar-refractivity contribution in [1.82, 2.24) is 19.9 Å². The predicted molar refractivity (Wildman–Crippen MR) is 111 cm³/mol. The van der Waals surface area contributed by atoms with Crippen molar-refractivity contribution in [2.45, 2.75) is 26.3 Å². The molecule has 2 saturated heterocycles. The van der Waals surface area contributed by atoms with E-state index in [1.807, 2.05) is 30.2 Å². The Kier molecular flexibility index (Phi) is 4.19. The lowest BCUT2D eigenvalue weighted by atomic mass is 9.85. The van der Waals surface area contributed by atoms with Crippen LogP contribution in [0.4, 0.5) is 5.95 Å². The van der Waals surface area contributed by atoms with Crippen LogP contribution in [0.2, 0.25) is 0 Å². The van der Waals surface area contributed by atoms with E-state index < -0.39 is 0 Å². The molecule has 2 aliphatic rings. The van der Waals surface area contributed by atoms with Gasteiger partial charge >= 0.3 is 0 Å². The molecule has 0 aliphatic carbocycles. The number of ether oxygens (including phenoxy) is 1. The van der Waals surface area contributed by atoms with Gasteiger partial charge in [0.1, 0.15) is 0 Å². The number of likely N-dealkylation sites (tertiary alicyclic amines) is 1. The molecule has 7 heteroatoms. The van der Waals surface area contributed by atoms with Crippen molar-refractivity contribution < 1.29 is 9.53 Å². The minimum absolute atomic E-state index is 0.257. The number of carbonyl (C=O) groups excluding carboxylic acids is 1. The van der Waals surface area contributed by atoms with E-state index in [-0.39, 0.29) is 11.3 Å². The molecule has 2 aliphatic heterocycles. The SMILES string of the molecule is COc1cc(C)nc(N2CCC3(CCN(Cc4cccc5[nH]ccc45)C3=O)C2)n1. The third kappa shape index (κ3) is 3.01. The van der Waals surface area contributed by atoms with Crippen LogP contribution in [0.25, 0.3) is 10.9 Å². The number of aromatic nitrogens is 3. The molecule has 1 aromatic carbocycles. The van der Waals surface area contributed by atoms with Gasteiger partial charge in [-0.05, 0) is 37.5 Å². The van der Waals surface area contributed by atoms with E-state index in [4.69, 9.17) is 4.74 Å². The first kappa shape index (κ1) is 18.0. The van der Waals surface area contributed by atoms with Crippen LogP contribution in [0.3, 0.4) is 0 Å². The number of hydrogen-bond acceptors (Lipinski definition) is 5. The number of anilines is 1. The van der Waals surface area contributed by atoms with Crippen LogP contribution in [0.15, 0.2) is 36.5 Å². The summed E-state index contributed by atoms with van der Waals surface area (Å²) in [4.78, 5) is 29.9. The van der Waals surface area contributed by atoms with E-state index >= 15 is 0 Å².